The summed E-state index contributed by atoms with van der Waals surface area (Å²) in [6, 6.07) is 15.5. The number of nitrogens with one attached hydrogen (secondary N) is 1. The molecule has 1 N–H and O–H groups in total. The molecule has 0 aliphatic carbocycles. The Hall–Kier alpha value is -2.40. The summed E-state index contributed by atoms with van der Waals surface area (Å²) in [5.74, 6) is 2.47. The molecule has 0 heterocycles. The molecule has 2 rings (SSSR count). The van der Waals surface area contributed by atoms with Crippen LogP contribution >= 0.6 is 0 Å². The van der Waals surface area contributed by atoms with Crippen LogP contribution in [0.5, 0.6) is 17.2 Å². The van der Waals surface area contributed by atoms with Crippen molar-refractivity contribution in [1.29, 1.82) is 0 Å². The molecule has 136 valence electrons. The summed E-state index contributed by atoms with van der Waals surface area (Å²) in [6.45, 7) is 6.54. The standard InChI is InChI=1S/C20H27NO4/c1-4-23-12-13-24-20-7-5-6-17(14-20)21-15-16(2)25-19-10-8-18(22-3)9-11-19/h5-11,14,16,21H,4,12-13,15H2,1-3H3. The van der Waals surface area contributed by atoms with Gasteiger partial charge in [0, 0.05) is 18.4 Å². The summed E-state index contributed by atoms with van der Waals surface area (Å²) in [7, 11) is 1.65. The maximum atomic E-state index is 5.89. The van der Waals surface area contributed by atoms with Crippen LogP contribution in [0.2, 0.25) is 0 Å². The topological polar surface area (TPSA) is 49.0 Å². The van der Waals surface area contributed by atoms with Gasteiger partial charge in [-0.05, 0) is 50.2 Å². The molecule has 0 fully saturated rings. The Kier molecular flexibility index (Phi) is 7.92. The lowest BCUT2D eigenvalue weighted by Gasteiger charge is -2.17. The Morgan fingerprint density at radius 1 is 0.960 bits per heavy atom. The lowest BCUT2D eigenvalue weighted by Crippen LogP contribution is -2.22. The molecule has 1 unspecified atom stereocenters. The van der Waals surface area contributed by atoms with Gasteiger partial charge in [0.15, 0.2) is 0 Å². The summed E-state index contributed by atoms with van der Waals surface area (Å²) in [5, 5.41) is 3.37. The Labute approximate surface area is 149 Å². The number of methoxy groups -OCH3 is 1. The van der Waals surface area contributed by atoms with Gasteiger partial charge in [-0.2, -0.15) is 0 Å². The molecule has 0 saturated heterocycles. The van der Waals surface area contributed by atoms with Crippen molar-refractivity contribution in [3.63, 3.8) is 0 Å². The van der Waals surface area contributed by atoms with Crippen molar-refractivity contribution in [2.75, 3.05) is 38.8 Å². The fraction of sp³-hybridized carbons (Fsp3) is 0.400. The van der Waals surface area contributed by atoms with Crippen LogP contribution in [0, 0.1) is 0 Å². The van der Waals surface area contributed by atoms with Gasteiger partial charge in [-0.1, -0.05) is 6.07 Å². The van der Waals surface area contributed by atoms with Gasteiger partial charge in [0.25, 0.3) is 0 Å². The van der Waals surface area contributed by atoms with Gasteiger partial charge in [0.2, 0.25) is 0 Å². The normalized spacial score (nSPS) is 11.6. The van der Waals surface area contributed by atoms with Crippen LogP contribution in [-0.4, -0.2) is 39.6 Å². The molecule has 0 bridgehead atoms. The number of benzene rings is 2. The molecule has 0 aliphatic rings. The first kappa shape index (κ1) is 18.9. The largest absolute Gasteiger partial charge is 0.497 e. The minimum Gasteiger partial charge on any atom is -0.497 e. The van der Waals surface area contributed by atoms with Crippen molar-refractivity contribution in [2.45, 2.75) is 20.0 Å². The van der Waals surface area contributed by atoms with Gasteiger partial charge in [0.1, 0.15) is 30.0 Å². The highest BCUT2D eigenvalue weighted by molar-refractivity contribution is 5.48. The zero-order chi connectivity index (χ0) is 17.9. The summed E-state index contributed by atoms with van der Waals surface area (Å²) in [6.07, 6.45) is 0.0240. The molecule has 0 saturated carbocycles. The van der Waals surface area contributed by atoms with Crippen LogP contribution in [0.15, 0.2) is 48.5 Å². The molecular formula is C20H27NO4. The van der Waals surface area contributed by atoms with E-state index in [-0.39, 0.29) is 6.10 Å². The third-order valence-electron chi connectivity index (χ3n) is 3.52. The summed E-state index contributed by atoms with van der Waals surface area (Å²) in [4.78, 5) is 0. The number of hydrogen-bond acceptors (Lipinski definition) is 5. The predicted molar refractivity (Wildman–Crippen MR) is 100 cm³/mol. The molecule has 0 spiro atoms. The van der Waals surface area contributed by atoms with Crippen LogP contribution in [0.4, 0.5) is 5.69 Å². The average molecular weight is 345 g/mol. The van der Waals surface area contributed by atoms with E-state index in [1.54, 1.807) is 7.11 Å². The van der Waals surface area contributed by atoms with E-state index >= 15 is 0 Å². The third kappa shape index (κ3) is 6.93. The summed E-state index contributed by atoms with van der Waals surface area (Å²) in [5.41, 5.74) is 0.999. The van der Waals surface area contributed by atoms with E-state index in [9.17, 15) is 0 Å². The van der Waals surface area contributed by atoms with Gasteiger partial charge in [-0.3, -0.25) is 0 Å². The van der Waals surface area contributed by atoms with E-state index in [2.05, 4.69) is 5.32 Å². The minimum absolute atomic E-state index is 0.0240. The molecule has 1 atom stereocenters. The Balaban J connectivity index is 1.77. The van der Waals surface area contributed by atoms with Gasteiger partial charge in [-0.25, -0.2) is 0 Å². The SMILES string of the molecule is CCOCCOc1cccc(NCC(C)Oc2ccc(OC)cc2)c1. The van der Waals surface area contributed by atoms with Crippen molar-refractivity contribution in [3.05, 3.63) is 48.5 Å². The lowest BCUT2D eigenvalue weighted by atomic mass is 10.3. The van der Waals surface area contributed by atoms with Crippen molar-refractivity contribution in [2.24, 2.45) is 0 Å². The quantitative estimate of drug-likeness (QED) is 0.624. The van der Waals surface area contributed by atoms with Crippen LogP contribution in [0.25, 0.3) is 0 Å². The van der Waals surface area contributed by atoms with E-state index < -0.39 is 0 Å². The molecule has 0 aromatic heterocycles. The van der Waals surface area contributed by atoms with Crippen LogP contribution < -0.4 is 19.5 Å². The fourth-order valence-corrected chi connectivity index (χ4v) is 2.25. The molecular weight excluding hydrogens is 318 g/mol. The summed E-state index contributed by atoms with van der Waals surface area (Å²) >= 11 is 0. The maximum Gasteiger partial charge on any atom is 0.121 e. The molecule has 25 heavy (non-hydrogen) atoms. The van der Waals surface area contributed by atoms with Gasteiger partial charge >= 0.3 is 0 Å². The van der Waals surface area contributed by atoms with Crippen LogP contribution in [0.1, 0.15) is 13.8 Å². The first-order chi connectivity index (χ1) is 12.2. The molecule has 2 aromatic rings. The summed E-state index contributed by atoms with van der Waals surface area (Å²) < 4.78 is 22.0. The molecule has 5 nitrogen and oxygen atoms in total. The maximum absolute atomic E-state index is 5.89. The number of rotatable bonds is 11. The van der Waals surface area contributed by atoms with Gasteiger partial charge < -0.3 is 24.3 Å². The predicted octanol–water partition coefficient (Wildman–Crippen LogP) is 3.99. The first-order valence-corrected chi connectivity index (χ1v) is 8.56. The Morgan fingerprint density at radius 2 is 1.72 bits per heavy atom. The molecule has 0 radical (unpaired) electrons. The van der Waals surface area contributed by atoms with Crippen molar-refractivity contribution in [3.8, 4) is 17.2 Å². The Morgan fingerprint density at radius 3 is 2.44 bits per heavy atom. The second kappa shape index (κ2) is 10.5. The fourth-order valence-electron chi connectivity index (χ4n) is 2.25. The van der Waals surface area contributed by atoms with Gasteiger partial charge in [-0.15, -0.1) is 0 Å². The van der Waals surface area contributed by atoms with E-state index in [0.29, 0.717) is 26.4 Å². The molecule has 0 amide bonds. The van der Waals surface area contributed by atoms with Crippen molar-refractivity contribution >= 4 is 5.69 Å². The highest BCUT2D eigenvalue weighted by Crippen LogP contribution is 2.19. The van der Waals surface area contributed by atoms with Crippen LogP contribution in [-0.2, 0) is 4.74 Å². The van der Waals surface area contributed by atoms with Gasteiger partial charge in [0.05, 0.1) is 20.3 Å². The van der Waals surface area contributed by atoms with Crippen molar-refractivity contribution in [1.82, 2.24) is 0 Å². The average Bonchev–Trinajstić information content (AvgIpc) is 2.65. The zero-order valence-electron chi connectivity index (χ0n) is 15.2. The number of anilines is 1. The smallest absolute Gasteiger partial charge is 0.121 e. The highest BCUT2D eigenvalue weighted by Gasteiger charge is 2.05. The molecule has 2 aromatic carbocycles. The molecule has 0 aliphatic heterocycles. The highest BCUT2D eigenvalue weighted by atomic mass is 16.5. The zero-order valence-corrected chi connectivity index (χ0v) is 15.2. The Bertz CT molecular complexity index is 615. The number of ether oxygens (including phenoxy) is 4. The monoisotopic (exact) mass is 345 g/mol. The lowest BCUT2D eigenvalue weighted by molar-refractivity contribution is 0.110. The third-order valence-corrected chi connectivity index (χ3v) is 3.52. The van der Waals surface area contributed by atoms with E-state index in [0.717, 1.165) is 22.9 Å². The van der Waals surface area contributed by atoms with E-state index in [1.165, 1.54) is 0 Å². The minimum atomic E-state index is 0.0240. The van der Waals surface area contributed by atoms with E-state index in [1.807, 2.05) is 62.4 Å². The second-order valence-corrected chi connectivity index (χ2v) is 5.56. The van der Waals surface area contributed by atoms with E-state index in [4.69, 9.17) is 18.9 Å². The molecule has 5 heteroatoms. The number of hydrogen-bond donors (Lipinski definition) is 1. The van der Waals surface area contributed by atoms with Crippen molar-refractivity contribution < 1.29 is 18.9 Å². The first-order valence-electron chi connectivity index (χ1n) is 8.56. The second-order valence-electron chi connectivity index (χ2n) is 5.56. The van der Waals surface area contributed by atoms with Crippen LogP contribution in [0.3, 0.4) is 0 Å².